The number of ether oxygens (including phenoxy) is 1. The predicted octanol–water partition coefficient (Wildman–Crippen LogP) is 6.64. The number of non-ortho nitro benzene ring substituents is 1. The van der Waals surface area contributed by atoms with Gasteiger partial charge in [-0.15, -0.1) is 11.8 Å². The number of hydrogen-bond donors (Lipinski definition) is 2. The summed E-state index contributed by atoms with van der Waals surface area (Å²) in [4.78, 5) is 37.5. The first-order valence-corrected chi connectivity index (χ1v) is 12.5. The molecule has 1 unspecified atom stereocenters. The first-order valence-electron chi connectivity index (χ1n) is 11.7. The highest BCUT2D eigenvalue weighted by atomic mass is 32.2. The predicted molar refractivity (Wildman–Crippen MR) is 149 cm³/mol. The molecule has 0 aliphatic rings. The summed E-state index contributed by atoms with van der Waals surface area (Å²) in [6.45, 7) is 1.78. The van der Waals surface area contributed by atoms with Crippen LogP contribution in [-0.4, -0.2) is 23.8 Å². The number of hydrogen-bond acceptors (Lipinski definition) is 6. The molecular weight excluding hydrogens is 502 g/mol. The number of carbonyl (C=O) groups is 2. The number of benzene rings is 4. The Balaban J connectivity index is 1.50. The van der Waals surface area contributed by atoms with Crippen LogP contribution in [0.2, 0.25) is 0 Å². The maximum atomic E-state index is 13.4. The van der Waals surface area contributed by atoms with E-state index in [1.807, 2.05) is 42.5 Å². The van der Waals surface area contributed by atoms with Crippen LogP contribution in [0.5, 0.6) is 5.75 Å². The van der Waals surface area contributed by atoms with Crippen molar-refractivity contribution in [3.05, 3.63) is 124 Å². The van der Waals surface area contributed by atoms with E-state index in [0.29, 0.717) is 22.7 Å². The number of anilines is 2. The topological polar surface area (TPSA) is 111 Å². The molecule has 0 saturated heterocycles. The molecule has 2 N–H and O–H groups in total. The lowest BCUT2D eigenvalue weighted by Crippen LogP contribution is -2.19. The highest BCUT2D eigenvalue weighted by molar-refractivity contribution is 8.00. The number of nitrogens with one attached hydrogen (secondary N) is 2. The molecule has 0 bridgehead atoms. The number of nitrogens with zero attached hydrogens (tertiary/aromatic N) is 1. The summed E-state index contributed by atoms with van der Waals surface area (Å²) in [6, 6.07) is 27.7. The van der Waals surface area contributed by atoms with Gasteiger partial charge >= 0.3 is 0 Å². The number of aryl methyl sites for hydroxylation is 1. The van der Waals surface area contributed by atoms with Gasteiger partial charge in [-0.2, -0.15) is 0 Å². The van der Waals surface area contributed by atoms with Crippen molar-refractivity contribution in [2.75, 3.05) is 17.7 Å². The molecule has 0 spiro atoms. The number of thioether (sulfide) groups is 1. The molecule has 4 aromatic carbocycles. The van der Waals surface area contributed by atoms with Crippen molar-refractivity contribution in [1.29, 1.82) is 0 Å². The number of nitro groups is 1. The van der Waals surface area contributed by atoms with Crippen LogP contribution in [0, 0.1) is 17.0 Å². The van der Waals surface area contributed by atoms with Crippen molar-refractivity contribution in [2.24, 2.45) is 0 Å². The molecule has 2 amide bonds. The molecule has 0 saturated carbocycles. The molecule has 38 heavy (non-hydrogen) atoms. The van der Waals surface area contributed by atoms with E-state index in [9.17, 15) is 19.7 Å². The molecule has 192 valence electrons. The fraction of sp³-hybridized carbons (Fsp3) is 0.103. The van der Waals surface area contributed by atoms with Crippen LogP contribution in [0.15, 0.2) is 102 Å². The quantitative estimate of drug-likeness (QED) is 0.143. The summed E-state index contributed by atoms with van der Waals surface area (Å²) in [5, 5.41) is 16.3. The number of rotatable bonds is 9. The van der Waals surface area contributed by atoms with Crippen LogP contribution in [-0.2, 0) is 4.79 Å². The summed E-state index contributed by atoms with van der Waals surface area (Å²) in [7, 11) is 1.56. The fourth-order valence-electron chi connectivity index (χ4n) is 3.66. The third-order valence-electron chi connectivity index (χ3n) is 5.75. The molecular formula is C29H25N3O5S. The average molecular weight is 528 g/mol. The average Bonchev–Trinajstić information content (AvgIpc) is 2.94. The Morgan fingerprint density at radius 1 is 0.895 bits per heavy atom. The molecule has 4 rings (SSSR count). The van der Waals surface area contributed by atoms with E-state index < -0.39 is 10.2 Å². The van der Waals surface area contributed by atoms with Crippen molar-refractivity contribution in [2.45, 2.75) is 17.1 Å². The highest BCUT2D eigenvalue weighted by Crippen LogP contribution is 2.37. The molecule has 4 aromatic rings. The molecule has 0 fully saturated rings. The normalized spacial score (nSPS) is 11.3. The molecule has 1 atom stereocenters. The summed E-state index contributed by atoms with van der Waals surface area (Å²) in [5.74, 6) is 0.115. The minimum absolute atomic E-state index is 0.0953. The Morgan fingerprint density at radius 2 is 1.58 bits per heavy atom. The zero-order chi connectivity index (χ0) is 27.1. The van der Waals surface area contributed by atoms with Gasteiger partial charge < -0.3 is 15.4 Å². The van der Waals surface area contributed by atoms with Crippen molar-refractivity contribution in [1.82, 2.24) is 0 Å². The van der Waals surface area contributed by atoms with Gasteiger partial charge in [0.1, 0.15) is 11.0 Å². The van der Waals surface area contributed by atoms with E-state index in [4.69, 9.17) is 4.74 Å². The van der Waals surface area contributed by atoms with E-state index >= 15 is 0 Å². The number of methoxy groups -OCH3 is 1. The van der Waals surface area contributed by atoms with Gasteiger partial charge in [0.05, 0.1) is 17.7 Å². The number of carbonyl (C=O) groups excluding carboxylic acids is 2. The van der Waals surface area contributed by atoms with E-state index in [-0.39, 0.29) is 17.5 Å². The minimum Gasteiger partial charge on any atom is -0.497 e. The van der Waals surface area contributed by atoms with Crippen molar-refractivity contribution >= 4 is 40.6 Å². The highest BCUT2D eigenvalue weighted by Gasteiger charge is 2.23. The van der Waals surface area contributed by atoms with E-state index in [2.05, 4.69) is 10.6 Å². The number of amides is 2. The van der Waals surface area contributed by atoms with Gasteiger partial charge in [0.25, 0.3) is 11.6 Å². The van der Waals surface area contributed by atoms with Gasteiger partial charge in [0.2, 0.25) is 5.91 Å². The fourth-order valence-corrected chi connectivity index (χ4v) is 4.68. The lowest BCUT2D eigenvalue weighted by Gasteiger charge is -2.18. The van der Waals surface area contributed by atoms with E-state index in [0.717, 1.165) is 16.0 Å². The van der Waals surface area contributed by atoms with Crippen LogP contribution < -0.4 is 15.4 Å². The second kappa shape index (κ2) is 12.1. The van der Waals surface area contributed by atoms with Gasteiger partial charge in [-0.1, -0.05) is 36.4 Å². The lowest BCUT2D eigenvalue weighted by molar-refractivity contribution is -0.384. The monoisotopic (exact) mass is 527 g/mol. The Bertz CT molecular complexity index is 1440. The Kier molecular flexibility index (Phi) is 8.40. The van der Waals surface area contributed by atoms with Crippen LogP contribution in [0.25, 0.3) is 0 Å². The maximum Gasteiger partial charge on any atom is 0.271 e. The molecule has 0 aromatic heterocycles. The van der Waals surface area contributed by atoms with Gasteiger partial charge in [-0.25, -0.2) is 0 Å². The smallest absolute Gasteiger partial charge is 0.271 e. The zero-order valence-electron chi connectivity index (χ0n) is 20.7. The van der Waals surface area contributed by atoms with Crippen molar-refractivity contribution in [3.8, 4) is 5.75 Å². The van der Waals surface area contributed by atoms with E-state index in [1.165, 1.54) is 23.9 Å². The van der Waals surface area contributed by atoms with Gasteiger partial charge in [0, 0.05) is 28.3 Å². The third-order valence-corrected chi connectivity index (χ3v) is 7.01. The molecule has 0 aliphatic carbocycles. The Labute approximate surface area is 224 Å². The summed E-state index contributed by atoms with van der Waals surface area (Å²) in [6.07, 6.45) is 0. The first-order chi connectivity index (χ1) is 18.3. The van der Waals surface area contributed by atoms with Gasteiger partial charge in [0.15, 0.2) is 0 Å². The second-order valence-corrected chi connectivity index (χ2v) is 9.54. The summed E-state index contributed by atoms with van der Waals surface area (Å²) >= 11 is 1.34. The van der Waals surface area contributed by atoms with Crippen molar-refractivity contribution in [3.63, 3.8) is 0 Å². The lowest BCUT2D eigenvalue weighted by atomic mass is 10.1. The number of nitro benzene ring substituents is 1. The van der Waals surface area contributed by atoms with Crippen LogP contribution in [0.1, 0.15) is 26.7 Å². The summed E-state index contributed by atoms with van der Waals surface area (Å²) in [5.41, 5.74) is 2.92. The third kappa shape index (κ3) is 6.57. The standard InChI is InChI=1S/C29H25N3O5S/c1-19-8-13-23(32(35)36)18-26(19)31-29(34)27(20-6-4-3-5-7-20)38-25-16-11-22(12-17-25)30-28(33)21-9-14-24(37-2)15-10-21/h3-18,27H,1-2H3,(H,30,33)(H,31,34). The SMILES string of the molecule is COc1ccc(C(=O)Nc2ccc(SC(C(=O)Nc3cc([N+](=O)[O-])ccc3C)c3ccccc3)cc2)cc1. The maximum absolute atomic E-state index is 13.4. The molecule has 8 nitrogen and oxygen atoms in total. The van der Waals surface area contributed by atoms with Gasteiger partial charge in [-0.05, 0) is 66.6 Å². The van der Waals surface area contributed by atoms with Crippen LogP contribution in [0.4, 0.5) is 17.1 Å². The minimum atomic E-state index is -0.616. The van der Waals surface area contributed by atoms with E-state index in [1.54, 1.807) is 56.5 Å². The largest absolute Gasteiger partial charge is 0.497 e. The van der Waals surface area contributed by atoms with Crippen LogP contribution >= 0.6 is 11.8 Å². The molecule has 0 aliphatic heterocycles. The van der Waals surface area contributed by atoms with Crippen LogP contribution in [0.3, 0.4) is 0 Å². The zero-order valence-corrected chi connectivity index (χ0v) is 21.5. The first kappa shape index (κ1) is 26.4. The van der Waals surface area contributed by atoms with Gasteiger partial charge in [-0.3, -0.25) is 19.7 Å². The van der Waals surface area contributed by atoms with Crippen molar-refractivity contribution < 1.29 is 19.2 Å². The second-order valence-electron chi connectivity index (χ2n) is 8.36. The summed E-state index contributed by atoms with van der Waals surface area (Å²) < 4.78 is 5.12. The molecule has 9 heteroatoms. The molecule has 0 heterocycles. The Morgan fingerprint density at radius 3 is 2.21 bits per heavy atom. The molecule has 0 radical (unpaired) electrons. The Hall–Kier alpha value is -4.63.